The average molecular weight is 269 g/mol. The van der Waals surface area contributed by atoms with Crippen molar-refractivity contribution in [2.24, 2.45) is 0 Å². The van der Waals surface area contributed by atoms with Gasteiger partial charge in [-0.3, -0.25) is 0 Å². The van der Waals surface area contributed by atoms with E-state index >= 15 is 0 Å². The van der Waals surface area contributed by atoms with Crippen LogP contribution in [0.3, 0.4) is 0 Å². The third-order valence-corrected chi connectivity index (χ3v) is 3.19. The first-order valence-electron chi connectivity index (χ1n) is 7.76. The molecule has 0 bridgehead atoms. The molecule has 0 aliphatic carbocycles. The number of nitrogens with zero attached hydrogens (tertiary/aromatic N) is 1. The van der Waals surface area contributed by atoms with E-state index in [9.17, 15) is 4.79 Å². The molecule has 3 heteroatoms. The van der Waals surface area contributed by atoms with Gasteiger partial charge in [0.05, 0.1) is 6.61 Å². The molecule has 0 rings (SSSR count). The molecule has 3 nitrogen and oxygen atoms in total. The van der Waals surface area contributed by atoms with Crippen LogP contribution in [0.1, 0.15) is 58.8 Å². The number of esters is 1. The van der Waals surface area contributed by atoms with Crippen molar-refractivity contribution in [2.45, 2.75) is 58.8 Å². The van der Waals surface area contributed by atoms with E-state index < -0.39 is 0 Å². The Morgan fingerprint density at radius 2 is 1.53 bits per heavy atom. The first-order chi connectivity index (χ1) is 9.24. The Hall–Kier alpha value is -0.830. The second kappa shape index (κ2) is 13.6. The quantitative estimate of drug-likeness (QED) is 0.289. The van der Waals surface area contributed by atoms with Gasteiger partial charge in [0.1, 0.15) is 0 Å². The Labute approximate surface area is 119 Å². The predicted octanol–water partition coefficient (Wildman–Crippen LogP) is 3.79. The summed E-state index contributed by atoms with van der Waals surface area (Å²) in [6, 6.07) is 0. The number of ether oxygens (including phenoxy) is 1. The molecule has 0 aromatic heterocycles. The molecule has 0 saturated carbocycles. The average Bonchev–Trinajstić information content (AvgIpc) is 2.43. The van der Waals surface area contributed by atoms with Gasteiger partial charge < -0.3 is 9.64 Å². The maximum atomic E-state index is 10.9. The second-order valence-corrected chi connectivity index (χ2v) is 4.98. The third kappa shape index (κ3) is 12.0. The Balaban J connectivity index is 3.75. The highest BCUT2D eigenvalue weighted by Crippen LogP contribution is 2.03. The smallest absolute Gasteiger partial charge is 0.330 e. The monoisotopic (exact) mass is 269 g/mol. The minimum Gasteiger partial charge on any atom is -0.462 e. The Morgan fingerprint density at radius 3 is 2.00 bits per heavy atom. The van der Waals surface area contributed by atoms with Gasteiger partial charge in [0.25, 0.3) is 0 Å². The van der Waals surface area contributed by atoms with Crippen LogP contribution in [0.25, 0.3) is 0 Å². The van der Waals surface area contributed by atoms with E-state index in [0.29, 0.717) is 6.61 Å². The van der Waals surface area contributed by atoms with Crippen LogP contribution in [0, 0.1) is 0 Å². The molecule has 0 amide bonds. The van der Waals surface area contributed by atoms with Crippen LogP contribution < -0.4 is 0 Å². The molecular formula is C16H31NO2. The van der Waals surface area contributed by atoms with Crippen LogP contribution in [0.4, 0.5) is 0 Å². The van der Waals surface area contributed by atoms with Gasteiger partial charge in [0.15, 0.2) is 0 Å². The SMILES string of the molecule is C=CC(=O)OCCCN(CCCCC)CCCCC. The number of hydrogen-bond donors (Lipinski definition) is 0. The lowest BCUT2D eigenvalue weighted by molar-refractivity contribution is -0.137. The summed E-state index contributed by atoms with van der Waals surface area (Å²) in [5, 5.41) is 0. The summed E-state index contributed by atoms with van der Waals surface area (Å²) in [7, 11) is 0. The number of carbonyl (C=O) groups excluding carboxylic acids is 1. The first-order valence-corrected chi connectivity index (χ1v) is 7.76. The van der Waals surface area contributed by atoms with Crippen molar-refractivity contribution in [1.82, 2.24) is 4.90 Å². The van der Waals surface area contributed by atoms with E-state index in [4.69, 9.17) is 4.74 Å². The number of unbranched alkanes of at least 4 members (excludes halogenated alkanes) is 4. The van der Waals surface area contributed by atoms with Crippen molar-refractivity contribution in [2.75, 3.05) is 26.2 Å². The second-order valence-electron chi connectivity index (χ2n) is 4.98. The highest BCUT2D eigenvalue weighted by atomic mass is 16.5. The topological polar surface area (TPSA) is 29.5 Å². The van der Waals surface area contributed by atoms with Gasteiger partial charge >= 0.3 is 5.97 Å². The summed E-state index contributed by atoms with van der Waals surface area (Å²) in [5.41, 5.74) is 0. The lowest BCUT2D eigenvalue weighted by atomic mass is 10.2. The Kier molecular flexibility index (Phi) is 13.0. The highest BCUT2D eigenvalue weighted by molar-refractivity contribution is 5.81. The lowest BCUT2D eigenvalue weighted by Gasteiger charge is -2.22. The molecule has 112 valence electrons. The van der Waals surface area contributed by atoms with Gasteiger partial charge in [-0.05, 0) is 32.4 Å². The van der Waals surface area contributed by atoms with Crippen molar-refractivity contribution >= 4 is 5.97 Å². The van der Waals surface area contributed by atoms with Gasteiger partial charge in [-0.25, -0.2) is 4.79 Å². The van der Waals surface area contributed by atoms with E-state index in [-0.39, 0.29) is 5.97 Å². The Morgan fingerprint density at radius 1 is 1.00 bits per heavy atom. The summed E-state index contributed by atoms with van der Waals surface area (Å²) in [5.74, 6) is -0.316. The van der Waals surface area contributed by atoms with Gasteiger partial charge in [0.2, 0.25) is 0 Å². The zero-order chi connectivity index (χ0) is 14.3. The predicted molar refractivity (Wildman–Crippen MR) is 81.3 cm³/mol. The molecule has 0 saturated heterocycles. The standard InChI is InChI=1S/C16H31NO2/c1-4-7-9-12-17(13-10-8-5-2)14-11-15-19-16(18)6-3/h6H,3-5,7-15H2,1-2H3. The summed E-state index contributed by atoms with van der Waals surface area (Å²) in [6.07, 6.45) is 9.81. The molecule has 0 radical (unpaired) electrons. The summed E-state index contributed by atoms with van der Waals surface area (Å²) >= 11 is 0. The zero-order valence-corrected chi connectivity index (χ0v) is 12.8. The van der Waals surface area contributed by atoms with Crippen molar-refractivity contribution in [3.05, 3.63) is 12.7 Å². The van der Waals surface area contributed by atoms with Crippen molar-refractivity contribution < 1.29 is 9.53 Å². The number of rotatable bonds is 13. The summed E-state index contributed by atoms with van der Waals surface area (Å²) < 4.78 is 5.01. The molecule has 0 atom stereocenters. The molecule has 0 fully saturated rings. The van der Waals surface area contributed by atoms with Crippen molar-refractivity contribution in [1.29, 1.82) is 0 Å². The van der Waals surface area contributed by atoms with Crippen LogP contribution >= 0.6 is 0 Å². The van der Waals surface area contributed by atoms with E-state index in [0.717, 1.165) is 13.0 Å². The van der Waals surface area contributed by atoms with Crippen LogP contribution in [-0.4, -0.2) is 37.1 Å². The molecule has 0 aromatic rings. The van der Waals surface area contributed by atoms with Gasteiger partial charge in [-0.2, -0.15) is 0 Å². The molecule has 19 heavy (non-hydrogen) atoms. The normalized spacial score (nSPS) is 10.7. The first kappa shape index (κ1) is 18.2. The summed E-state index contributed by atoms with van der Waals surface area (Å²) in [6.45, 7) is 11.7. The minimum atomic E-state index is -0.316. The number of hydrogen-bond acceptors (Lipinski definition) is 3. The van der Waals surface area contributed by atoms with E-state index in [2.05, 4.69) is 25.3 Å². The van der Waals surface area contributed by atoms with Crippen LogP contribution in [0.5, 0.6) is 0 Å². The maximum Gasteiger partial charge on any atom is 0.330 e. The highest BCUT2D eigenvalue weighted by Gasteiger charge is 2.05. The van der Waals surface area contributed by atoms with Gasteiger partial charge in [0, 0.05) is 12.6 Å². The van der Waals surface area contributed by atoms with Gasteiger partial charge in [-0.1, -0.05) is 46.1 Å². The molecule has 0 aliphatic heterocycles. The molecular weight excluding hydrogens is 238 g/mol. The fourth-order valence-electron chi connectivity index (χ4n) is 2.03. The molecule has 0 aromatic carbocycles. The van der Waals surface area contributed by atoms with E-state index in [1.807, 2.05) is 0 Å². The van der Waals surface area contributed by atoms with E-state index in [1.165, 1.54) is 57.7 Å². The fourth-order valence-corrected chi connectivity index (χ4v) is 2.03. The van der Waals surface area contributed by atoms with E-state index in [1.54, 1.807) is 0 Å². The molecule has 0 spiro atoms. The zero-order valence-electron chi connectivity index (χ0n) is 12.8. The lowest BCUT2D eigenvalue weighted by Crippen LogP contribution is -2.28. The largest absolute Gasteiger partial charge is 0.462 e. The van der Waals surface area contributed by atoms with Crippen molar-refractivity contribution in [3.63, 3.8) is 0 Å². The molecule has 0 N–H and O–H groups in total. The van der Waals surface area contributed by atoms with Crippen LogP contribution in [0.15, 0.2) is 12.7 Å². The van der Waals surface area contributed by atoms with Crippen LogP contribution in [-0.2, 0) is 9.53 Å². The maximum absolute atomic E-state index is 10.9. The van der Waals surface area contributed by atoms with Crippen molar-refractivity contribution in [3.8, 4) is 0 Å². The summed E-state index contributed by atoms with van der Waals surface area (Å²) in [4.78, 5) is 13.4. The molecule has 0 heterocycles. The number of carbonyl (C=O) groups is 1. The minimum absolute atomic E-state index is 0.316. The van der Waals surface area contributed by atoms with Crippen LogP contribution in [0.2, 0.25) is 0 Å². The molecule has 0 unspecified atom stereocenters. The Bertz CT molecular complexity index is 219. The third-order valence-electron chi connectivity index (χ3n) is 3.19. The molecule has 0 aliphatic rings. The van der Waals surface area contributed by atoms with Gasteiger partial charge in [-0.15, -0.1) is 0 Å². The fraction of sp³-hybridized carbons (Fsp3) is 0.812.